The Hall–Kier alpha value is -2.36. The largest absolute Gasteiger partial charge is 0.444 e. The second-order valence-electron chi connectivity index (χ2n) is 7.87. The highest BCUT2D eigenvalue weighted by Crippen LogP contribution is 2.26. The summed E-state index contributed by atoms with van der Waals surface area (Å²) in [6.45, 7) is 7.69. The summed E-state index contributed by atoms with van der Waals surface area (Å²) in [6.07, 6.45) is 7.72. The van der Waals surface area contributed by atoms with Crippen LogP contribution < -0.4 is 5.32 Å². The fourth-order valence-electron chi connectivity index (χ4n) is 3.83. The van der Waals surface area contributed by atoms with Crippen LogP contribution in [0.4, 0.5) is 0 Å². The predicted molar refractivity (Wildman–Crippen MR) is 134 cm³/mol. The molecule has 166 valence electrons. The van der Waals surface area contributed by atoms with Crippen molar-refractivity contribution in [2.24, 2.45) is 12.0 Å². The molecule has 7 nitrogen and oxygen atoms in total. The van der Waals surface area contributed by atoms with Gasteiger partial charge in [-0.2, -0.15) is 5.10 Å². The molecule has 0 saturated carbocycles. The maximum Gasteiger partial charge on any atom is 0.226 e. The SMILES string of the molecule is CCNC(=NCCc1coc(-c2ccc(C)cc2)n1)N1CCC(c2cnn(C)c2)C1.I. The Morgan fingerprint density at radius 3 is 2.81 bits per heavy atom. The van der Waals surface area contributed by atoms with Crippen LogP contribution in [0.25, 0.3) is 11.5 Å². The molecule has 1 fully saturated rings. The van der Waals surface area contributed by atoms with Gasteiger partial charge in [-0.15, -0.1) is 24.0 Å². The zero-order chi connectivity index (χ0) is 20.9. The van der Waals surface area contributed by atoms with E-state index in [2.05, 4.69) is 52.5 Å². The van der Waals surface area contributed by atoms with Gasteiger partial charge in [-0.3, -0.25) is 9.67 Å². The lowest BCUT2D eigenvalue weighted by molar-refractivity contribution is 0.486. The van der Waals surface area contributed by atoms with Crippen LogP contribution in [0.3, 0.4) is 0 Å². The van der Waals surface area contributed by atoms with Gasteiger partial charge in [0.2, 0.25) is 5.89 Å². The van der Waals surface area contributed by atoms with Crippen molar-refractivity contribution in [2.75, 3.05) is 26.2 Å². The summed E-state index contributed by atoms with van der Waals surface area (Å²) in [5.41, 5.74) is 4.47. The molecule has 31 heavy (non-hydrogen) atoms. The standard InChI is InChI=1S/C23H30N6O.HI/c1-4-24-23(29-12-10-19(15-29)20-13-26-28(3)14-20)25-11-9-21-16-30-22(27-21)18-7-5-17(2)6-8-18;/h5-8,13-14,16,19H,4,9-12,15H2,1-3H3,(H,24,25);1H. The first kappa shape index (κ1) is 23.3. The molecule has 0 bridgehead atoms. The van der Waals surface area contributed by atoms with E-state index in [-0.39, 0.29) is 24.0 Å². The first-order valence-electron chi connectivity index (χ1n) is 10.7. The normalized spacial score (nSPS) is 16.4. The smallest absolute Gasteiger partial charge is 0.226 e. The Morgan fingerprint density at radius 2 is 2.10 bits per heavy atom. The number of nitrogens with zero attached hydrogens (tertiary/aromatic N) is 5. The summed E-state index contributed by atoms with van der Waals surface area (Å²) in [7, 11) is 1.97. The second kappa shape index (κ2) is 10.8. The minimum absolute atomic E-state index is 0. The van der Waals surface area contributed by atoms with E-state index in [1.54, 1.807) is 6.26 Å². The maximum atomic E-state index is 5.67. The monoisotopic (exact) mass is 534 g/mol. The molecule has 0 amide bonds. The number of rotatable bonds is 6. The summed E-state index contributed by atoms with van der Waals surface area (Å²) in [5, 5.41) is 7.75. The third-order valence-corrected chi connectivity index (χ3v) is 5.50. The van der Waals surface area contributed by atoms with Gasteiger partial charge in [0.25, 0.3) is 0 Å². The molecule has 0 spiro atoms. The Kier molecular flexibility index (Phi) is 8.11. The molecule has 1 aromatic carbocycles. The highest BCUT2D eigenvalue weighted by Gasteiger charge is 2.26. The molecular formula is C23H31IN6O. The van der Waals surface area contributed by atoms with Gasteiger partial charge in [0.05, 0.1) is 11.9 Å². The van der Waals surface area contributed by atoms with Crippen LogP contribution in [0.5, 0.6) is 0 Å². The summed E-state index contributed by atoms with van der Waals surface area (Å²) >= 11 is 0. The van der Waals surface area contributed by atoms with Crippen molar-refractivity contribution >= 4 is 29.9 Å². The van der Waals surface area contributed by atoms with Crippen LogP contribution >= 0.6 is 24.0 Å². The lowest BCUT2D eigenvalue weighted by atomic mass is 10.0. The zero-order valence-electron chi connectivity index (χ0n) is 18.4. The Labute approximate surface area is 201 Å². The topological polar surface area (TPSA) is 71.5 Å². The number of guanidine groups is 1. The van der Waals surface area contributed by atoms with Crippen molar-refractivity contribution in [1.29, 1.82) is 0 Å². The van der Waals surface area contributed by atoms with Crippen molar-refractivity contribution in [3.05, 3.63) is 59.7 Å². The number of benzene rings is 1. The average molecular weight is 534 g/mol. The fraction of sp³-hybridized carbons (Fsp3) is 0.435. The van der Waals surface area contributed by atoms with Crippen molar-refractivity contribution < 1.29 is 4.42 Å². The van der Waals surface area contributed by atoms with Gasteiger partial charge < -0.3 is 14.6 Å². The molecule has 1 atom stereocenters. The minimum Gasteiger partial charge on any atom is -0.444 e. The van der Waals surface area contributed by atoms with Gasteiger partial charge in [0, 0.05) is 57.3 Å². The molecule has 1 unspecified atom stereocenters. The van der Waals surface area contributed by atoms with E-state index in [0.29, 0.717) is 18.4 Å². The van der Waals surface area contributed by atoms with Crippen molar-refractivity contribution in [2.45, 2.75) is 32.6 Å². The molecule has 1 N–H and O–H groups in total. The number of oxazole rings is 1. The molecule has 1 saturated heterocycles. The first-order chi connectivity index (χ1) is 14.6. The number of likely N-dealkylation sites (tertiary alicyclic amines) is 1. The average Bonchev–Trinajstić information content (AvgIpc) is 3.48. The summed E-state index contributed by atoms with van der Waals surface area (Å²) in [5.74, 6) is 2.15. The summed E-state index contributed by atoms with van der Waals surface area (Å²) in [6, 6.07) is 8.22. The molecular weight excluding hydrogens is 503 g/mol. The molecule has 3 aromatic rings. The van der Waals surface area contributed by atoms with Gasteiger partial charge in [-0.05, 0) is 38.0 Å². The third-order valence-electron chi connectivity index (χ3n) is 5.50. The first-order valence-corrected chi connectivity index (χ1v) is 10.7. The third kappa shape index (κ3) is 5.87. The maximum absolute atomic E-state index is 5.67. The highest BCUT2D eigenvalue weighted by molar-refractivity contribution is 14.0. The van der Waals surface area contributed by atoms with Crippen molar-refractivity contribution in [1.82, 2.24) is 25.0 Å². The van der Waals surface area contributed by atoms with Gasteiger partial charge >= 0.3 is 0 Å². The van der Waals surface area contributed by atoms with Crippen LogP contribution in [0.2, 0.25) is 0 Å². The number of aryl methyl sites for hydroxylation is 2. The highest BCUT2D eigenvalue weighted by atomic mass is 127. The predicted octanol–water partition coefficient (Wildman–Crippen LogP) is 4.00. The molecule has 2 aromatic heterocycles. The number of halogens is 1. The molecule has 0 aliphatic carbocycles. The number of nitrogens with one attached hydrogen (secondary N) is 1. The van der Waals surface area contributed by atoms with E-state index in [1.807, 2.05) is 30.1 Å². The van der Waals surface area contributed by atoms with Crippen LogP contribution in [-0.2, 0) is 13.5 Å². The van der Waals surface area contributed by atoms with E-state index >= 15 is 0 Å². The molecule has 1 aliphatic rings. The second-order valence-corrected chi connectivity index (χ2v) is 7.87. The number of hydrogen-bond donors (Lipinski definition) is 1. The summed E-state index contributed by atoms with van der Waals surface area (Å²) in [4.78, 5) is 11.8. The quantitative estimate of drug-likeness (QED) is 0.294. The van der Waals surface area contributed by atoms with Crippen LogP contribution in [-0.4, -0.2) is 51.8 Å². The van der Waals surface area contributed by atoms with E-state index in [4.69, 9.17) is 9.41 Å². The van der Waals surface area contributed by atoms with E-state index in [0.717, 1.165) is 49.7 Å². The molecule has 4 rings (SSSR count). The van der Waals surface area contributed by atoms with Crippen molar-refractivity contribution in [3.8, 4) is 11.5 Å². The van der Waals surface area contributed by atoms with Crippen molar-refractivity contribution in [3.63, 3.8) is 0 Å². The number of aromatic nitrogens is 3. The number of hydrogen-bond acceptors (Lipinski definition) is 4. The van der Waals surface area contributed by atoms with Crippen LogP contribution in [0, 0.1) is 6.92 Å². The van der Waals surface area contributed by atoms with E-state index in [9.17, 15) is 0 Å². The van der Waals surface area contributed by atoms with Crippen LogP contribution in [0.15, 0.2) is 52.3 Å². The lowest BCUT2D eigenvalue weighted by Gasteiger charge is -2.21. The number of aliphatic imine (C=N–C) groups is 1. The molecule has 3 heterocycles. The summed E-state index contributed by atoms with van der Waals surface area (Å²) < 4.78 is 7.54. The molecule has 8 heteroatoms. The Morgan fingerprint density at radius 1 is 1.29 bits per heavy atom. The van der Waals surface area contributed by atoms with Crippen LogP contribution in [0.1, 0.15) is 36.1 Å². The minimum atomic E-state index is 0. The fourth-order valence-corrected chi connectivity index (χ4v) is 3.83. The van der Waals surface area contributed by atoms with Gasteiger partial charge in [-0.25, -0.2) is 4.98 Å². The van der Waals surface area contributed by atoms with E-state index < -0.39 is 0 Å². The van der Waals surface area contributed by atoms with Gasteiger partial charge in [0.1, 0.15) is 6.26 Å². The lowest BCUT2D eigenvalue weighted by Crippen LogP contribution is -2.40. The Balaban J connectivity index is 0.00000272. The Bertz CT molecular complexity index is 994. The molecule has 1 aliphatic heterocycles. The van der Waals surface area contributed by atoms with E-state index in [1.165, 1.54) is 11.1 Å². The zero-order valence-corrected chi connectivity index (χ0v) is 20.7. The molecule has 0 radical (unpaired) electrons. The van der Waals surface area contributed by atoms with Gasteiger partial charge in [0.15, 0.2) is 5.96 Å². The van der Waals surface area contributed by atoms with Gasteiger partial charge in [-0.1, -0.05) is 17.7 Å².